The van der Waals surface area contributed by atoms with Crippen LogP contribution in [0.25, 0.3) is 11.8 Å². The Kier molecular flexibility index (Phi) is 5.12. The van der Waals surface area contributed by atoms with Crippen LogP contribution in [0.5, 0.6) is 5.75 Å². The van der Waals surface area contributed by atoms with Crippen molar-refractivity contribution in [2.75, 3.05) is 13.7 Å². The standard InChI is InChI=1S/C27H29N3O2/c1-19-17-29(18-28-19)24-11-10-20(14-25(24)32-3)13-21-9-6-12-30(26(21)31)27(2)15-22-7-4-5-8-23(22)16-27/h4-5,7-8,10-11,13-14,17-18H,6,9,12,15-16H2,1-3H3/b21-13+. The molecule has 1 amide bonds. The smallest absolute Gasteiger partial charge is 0.250 e. The molecule has 2 heterocycles. The molecule has 0 atom stereocenters. The van der Waals surface area contributed by atoms with Crippen LogP contribution in [0, 0.1) is 6.92 Å². The van der Waals surface area contributed by atoms with Gasteiger partial charge in [-0.2, -0.15) is 0 Å². The molecule has 32 heavy (non-hydrogen) atoms. The number of nitrogens with zero attached hydrogens (tertiary/aromatic N) is 3. The third-order valence-electron chi connectivity index (χ3n) is 6.79. The highest BCUT2D eigenvalue weighted by atomic mass is 16.5. The number of benzene rings is 2. The summed E-state index contributed by atoms with van der Waals surface area (Å²) in [5, 5.41) is 0. The molecule has 0 radical (unpaired) electrons. The first-order valence-corrected chi connectivity index (χ1v) is 11.3. The Morgan fingerprint density at radius 2 is 1.88 bits per heavy atom. The van der Waals surface area contributed by atoms with Crippen LogP contribution in [-0.4, -0.2) is 39.6 Å². The fourth-order valence-corrected chi connectivity index (χ4v) is 5.19. The molecule has 0 saturated carbocycles. The summed E-state index contributed by atoms with van der Waals surface area (Å²) >= 11 is 0. The maximum Gasteiger partial charge on any atom is 0.250 e. The summed E-state index contributed by atoms with van der Waals surface area (Å²) in [6.45, 7) is 5.02. The number of hydrogen-bond donors (Lipinski definition) is 0. The summed E-state index contributed by atoms with van der Waals surface area (Å²) in [6.07, 6.45) is 9.44. The predicted octanol–water partition coefficient (Wildman–Crippen LogP) is 4.75. The Balaban J connectivity index is 1.41. The number of fused-ring (bicyclic) bond motifs is 1. The zero-order valence-corrected chi connectivity index (χ0v) is 19.0. The minimum atomic E-state index is -0.152. The Morgan fingerprint density at radius 3 is 2.53 bits per heavy atom. The Morgan fingerprint density at radius 1 is 1.12 bits per heavy atom. The molecular formula is C27H29N3O2. The summed E-state index contributed by atoms with van der Waals surface area (Å²) in [4.78, 5) is 20.0. The van der Waals surface area contributed by atoms with Crippen molar-refractivity contribution in [3.63, 3.8) is 0 Å². The molecule has 0 unspecified atom stereocenters. The largest absolute Gasteiger partial charge is 0.495 e. The highest BCUT2D eigenvalue weighted by molar-refractivity contribution is 5.99. The van der Waals surface area contributed by atoms with Gasteiger partial charge in [-0.3, -0.25) is 4.79 Å². The van der Waals surface area contributed by atoms with Gasteiger partial charge in [-0.1, -0.05) is 30.3 Å². The molecule has 1 aliphatic heterocycles. The second-order valence-corrected chi connectivity index (χ2v) is 9.20. The molecule has 1 aromatic heterocycles. The SMILES string of the molecule is COc1cc(/C=C2\CCCN(C3(C)Cc4ccccc4C3)C2=O)ccc1-n1cnc(C)c1. The monoisotopic (exact) mass is 427 g/mol. The number of amides is 1. The summed E-state index contributed by atoms with van der Waals surface area (Å²) in [7, 11) is 1.67. The number of ether oxygens (including phenoxy) is 1. The van der Waals surface area contributed by atoms with Gasteiger partial charge in [0, 0.05) is 23.9 Å². The predicted molar refractivity (Wildman–Crippen MR) is 126 cm³/mol. The van der Waals surface area contributed by atoms with Crippen LogP contribution in [0.3, 0.4) is 0 Å². The van der Waals surface area contributed by atoms with Gasteiger partial charge < -0.3 is 14.2 Å². The van der Waals surface area contributed by atoms with Crippen molar-refractivity contribution < 1.29 is 9.53 Å². The average Bonchev–Trinajstić information content (AvgIpc) is 3.37. The van der Waals surface area contributed by atoms with Gasteiger partial charge in [-0.25, -0.2) is 4.98 Å². The summed E-state index contributed by atoms with van der Waals surface area (Å²) in [5.74, 6) is 0.926. The summed E-state index contributed by atoms with van der Waals surface area (Å²) < 4.78 is 7.60. The quantitative estimate of drug-likeness (QED) is 0.565. The lowest BCUT2D eigenvalue weighted by atomic mass is 9.90. The van der Waals surface area contributed by atoms with Crippen LogP contribution < -0.4 is 4.74 Å². The molecule has 5 heteroatoms. The van der Waals surface area contributed by atoms with E-state index >= 15 is 0 Å². The van der Waals surface area contributed by atoms with Gasteiger partial charge in [0.2, 0.25) is 5.91 Å². The van der Waals surface area contributed by atoms with Crippen LogP contribution in [-0.2, 0) is 17.6 Å². The van der Waals surface area contributed by atoms with Gasteiger partial charge in [0.25, 0.3) is 0 Å². The molecule has 2 aromatic carbocycles. The van der Waals surface area contributed by atoms with Crippen LogP contribution in [0.2, 0.25) is 0 Å². The first-order valence-electron chi connectivity index (χ1n) is 11.3. The first kappa shape index (κ1) is 20.6. The zero-order valence-electron chi connectivity index (χ0n) is 19.0. The van der Waals surface area contributed by atoms with Gasteiger partial charge in [0.1, 0.15) is 5.75 Å². The van der Waals surface area contributed by atoms with Crippen molar-refractivity contribution >= 4 is 12.0 Å². The van der Waals surface area contributed by atoms with Crippen molar-refractivity contribution in [1.82, 2.24) is 14.5 Å². The van der Waals surface area contributed by atoms with Gasteiger partial charge in [-0.15, -0.1) is 0 Å². The highest BCUT2D eigenvalue weighted by Gasteiger charge is 2.42. The molecule has 0 N–H and O–H groups in total. The molecule has 2 aliphatic rings. The number of rotatable bonds is 4. The van der Waals surface area contributed by atoms with Crippen molar-refractivity contribution in [2.24, 2.45) is 0 Å². The van der Waals surface area contributed by atoms with E-state index in [1.54, 1.807) is 13.4 Å². The number of methoxy groups -OCH3 is 1. The molecule has 5 nitrogen and oxygen atoms in total. The lowest BCUT2D eigenvalue weighted by Crippen LogP contribution is -2.53. The number of aromatic nitrogens is 2. The van der Waals surface area contributed by atoms with Crippen LogP contribution in [0.4, 0.5) is 0 Å². The van der Waals surface area contributed by atoms with Crippen molar-refractivity contribution in [2.45, 2.75) is 45.1 Å². The maximum absolute atomic E-state index is 13.5. The third kappa shape index (κ3) is 3.62. The van der Waals surface area contributed by atoms with Gasteiger partial charge in [0.05, 0.1) is 24.8 Å². The minimum absolute atomic E-state index is 0.152. The molecule has 0 spiro atoms. The molecule has 0 bridgehead atoms. The lowest BCUT2D eigenvalue weighted by molar-refractivity contribution is -0.134. The summed E-state index contributed by atoms with van der Waals surface area (Å²) in [6, 6.07) is 14.6. The number of piperidine rings is 1. The highest BCUT2D eigenvalue weighted by Crippen LogP contribution is 2.37. The van der Waals surface area contributed by atoms with Gasteiger partial charge in [0.15, 0.2) is 0 Å². The number of hydrogen-bond acceptors (Lipinski definition) is 3. The molecule has 164 valence electrons. The number of carbonyl (C=O) groups is 1. The number of carbonyl (C=O) groups excluding carboxylic acids is 1. The van der Waals surface area contributed by atoms with E-state index < -0.39 is 0 Å². The van der Waals surface area contributed by atoms with E-state index in [1.165, 1.54) is 11.1 Å². The molecule has 5 rings (SSSR count). The van der Waals surface area contributed by atoms with Gasteiger partial charge >= 0.3 is 0 Å². The summed E-state index contributed by atoms with van der Waals surface area (Å²) in [5.41, 5.74) is 6.33. The Bertz CT molecular complexity index is 1180. The average molecular weight is 428 g/mol. The van der Waals surface area contributed by atoms with Crippen LogP contribution >= 0.6 is 0 Å². The first-order chi connectivity index (χ1) is 15.5. The topological polar surface area (TPSA) is 47.4 Å². The second kappa shape index (κ2) is 7.97. The fourth-order valence-electron chi connectivity index (χ4n) is 5.19. The lowest BCUT2D eigenvalue weighted by Gasteiger charge is -2.41. The minimum Gasteiger partial charge on any atom is -0.495 e. The molecule has 1 fully saturated rings. The van der Waals surface area contributed by atoms with E-state index in [0.29, 0.717) is 0 Å². The van der Waals surface area contributed by atoms with E-state index in [0.717, 1.165) is 60.5 Å². The normalized spacial score (nSPS) is 18.8. The second-order valence-electron chi connectivity index (χ2n) is 9.20. The van der Waals surface area contributed by atoms with E-state index in [4.69, 9.17) is 4.74 Å². The van der Waals surface area contributed by atoms with E-state index in [-0.39, 0.29) is 11.4 Å². The molecule has 1 saturated heterocycles. The Hall–Kier alpha value is -3.34. The number of imidazole rings is 1. The molecule has 3 aromatic rings. The van der Waals surface area contributed by atoms with E-state index in [1.807, 2.05) is 42.0 Å². The van der Waals surface area contributed by atoms with Crippen molar-refractivity contribution in [3.05, 3.63) is 82.9 Å². The molecular weight excluding hydrogens is 398 g/mol. The zero-order chi connectivity index (χ0) is 22.3. The van der Waals surface area contributed by atoms with E-state index in [9.17, 15) is 4.79 Å². The fraction of sp³-hybridized carbons (Fsp3) is 0.333. The van der Waals surface area contributed by atoms with Gasteiger partial charge in [-0.05, 0) is 74.4 Å². The van der Waals surface area contributed by atoms with E-state index in [2.05, 4.69) is 41.1 Å². The van der Waals surface area contributed by atoms with Crippen molar-refractivity contribution in [1.29, 1.82) is 0 Å². The number of likely N-dealkylation sites (tertiary alicyclic amines) is 1. The Labute approximate surface area is 189 Å². The maximum atomic E-state index is 13.5. The third-order valence-corrected chi connectivity index (χ3v) is 6.79. The van der Waals surface area contributed by atoms with Crippen LogP contribution in [0.1, 0.15) is 42.1 Å². The number of aryl methyl sites for hydroxylation is 1. The molecule has 1 aliphatic carbocycles. The van der Waals surface area contributed by atoms with Crippen LogP contribution in [0.15, 0.2) is 60.6 Å². The van der Waals surface area contributed by atoms with Crippen molar-refractivity contribution in [3.8, 4) is 11.4 Å².